The quantitative estimate of drug-likeness (QED) is 0.570. The first-order chi connectivity index (χ1) is 12.5. The van der Waals surface area contributed by atoms with Gasteiger partial charge >= 0.3 is 5.97 Å². The third kappa shape index (κ3) is 3.80. The Morgan fingerprint density at radius 1 is 1.19 bits per heavy atom. The van der Waals surface area contributed by atoms with Crippen molar-refractivity contribution in [3.8, 4) is 16.9 Å². The number of fused-ring (bicyclic) bond motifs is 1. The molecule has 26 heavy (non-hydrogen) atoms. The zero-order valence-corrected chi connectivity index (χ0v) is 15.9. The first-order valence-electron chi connectivity index (χ1n) is 8.14. The Hall–Kier alpha value is -2.60. The number of benzene rings is 2. The average molecular weight is 417 g/mol. The normalized spacial score (nSPS) is 12.0. The second-order valence-electron chi connectivity index (χ2n) is 5.66. The lowest BCUT2D eigenvalue weighted by Gasteiger charge is -2.13. The van der Waals surface area contributed by atoms with Crippen LogP contribution in [0.25, 0.3) is 22.1 Å². The number of carbonyl (C=O) groups excluding carboxylic acids is 1. The molecular formula is C20H17BrO5. The molecule has 3 rings (SSSR count). The van der Waals surface area contributed by atoms with Crippen LogP contribution in [-0.4, -0.2) is 18.7 Å². The zero-order chi connectivity index (χ0) is 18.7. The van der Waals surface area contributed by atoms with Gasteiger partial charge in [-0.15, -0.1) is 0 Å². The molecule has 3 aromatic rings. The highest BCUT2D eigenvalue weighted by atomic mass is 79.9. The molecule has 5 nitrogen and oxygen atoms in total. The summed E-state index contributed by atoms with van der Waals surface area (Å²) in [4.78, 5) is 24.4. The molecule has 0 fully saturated rings. The summed E-state index contributed by atoms with van der Waals surface area (Å²) in [5, 5.41) is 0.446. The molecule has 0 saturated heterocycles. The summed E-state index contributed by atoms with van der Waals surface area (Å²) in [6.07, 6.45) is 0.688. The molecule has 0 aliphatic rings. The number of esters is 1. The van der Waals surface area contributed by atoms with Crippen LogP contribution >= 0.6 is 15.9 Å². The predicted octanol–water partition coefficient (Wildman–Crippen LogP) is 4.55. The van der Waals surface area contributed by atoms with Crippen molar-refractivity contribution in [1.82, 2.24) is 0 Å². The van der Waals surface area contributed by atoms with E-state index < -0.39 is 12.1 Å². The number of carbonyl (C=O) groups is 1. The van der Waals surface area contributed by atoms with Crippen molar-refractivity contribution in [2.45, 2.75) is 20.0 Å². The van der Waals surface area contributed by atoms with E-state index in [2.05, 4.69) is 15.9 Å². The van der Waals surface area contributed by atoms with Gasteiger partial charge in [-0.3, -0.25) is 4.79 Å². The summed E-state index contributed by atoms with van der Waals surface area (Å²) < 4.78 is 17.0. The Kier molecular flexibility index (Phi) is 5.42. The number of rotatable bonds is 5. The van der Waals surface area contributed by atoms with E-state index in [-0.39, 0.29) is 12.0 Å². The van der Waals surface area contributed by atoms with Gasteiger partial charge in [0, 0.05) is 10.5 Å². The molecule has 0 saturated carbocycles. The fourth-order valence-electron chi connectivity index (χ4n) is 2.52. The summed E-state index contributed by atoms with van der Waals surface area (Å²) in [5.41, 5.74) is 1.53. The fraction of sp³-hybridized carbons (Fsp3) is 0.200. The second-order valence-corrected chi connectivity index (χ2v) is 6.57. The van der Waals surface area contributed by atoms with Gasteiger partial charge < -0.3 is 13.9 Å². The maximum absolute atomic E-state index is 12.8. The summed E-state index contributed by atoms with van der Waals surface area (Å²) in [7, 11) is 0. The van der Waals surface area contributed by atoms with E-state index in [1.165, 1.54) is 6.26 Å². The van der Waals surface area contributed by atoms with Crippen LogP contribution in [0.5, 0.6) is 5.75 Å². The van der Waals surface area contributed by atoms with Gasteiger partial charge in [-0.25, -0.2) is 4.79 Å². The molecule has 0 spiro atoms. The third-order valence-corrected chi connectivity index (χ3v) is 4.36. The SMILES string of the molecule is CCOC(=O)[C@@H](C)Oc1ccc2c(=O)c(-c3ccc(Br)cc3)coc2c1. The van der Waals surface area contributed by atoms with E-state index in [4.69, 9.17) is 13.9 Å². The molecule has 0 amide bonds. The van der Waals surface area contributed by atoms with Gasteiger partial charge in [0.2, 0.25) is 0 Å². The lowest BCUT2D eigenvalue weighted by molar-refractivity contribution is -0.150. The van der Waals surface area contributed by atoms with Crippen molar-refractivity contribution < 1.29 is 18.7 Å². The summed E-state index contributed by atoms with van der Waals surface area (Å²) in [6, 6.07) is 12.3. The Labute approximate surface area is 158 Å². The maximum atomic E-state index is 12.8. The number of hydrogen-bond acceptors (Lipinski definition) is 5. The molecule has 0 bridgehead atoms. The fourth-order valence-corrected chi connectivity index (χ4v) is 2.79. The van der Waals surface area contributed by atoms with E-state index >= 15 is 0 Å². The molecule has 1 aromatic heterocycles. The van der Waals surface area contributed by atoms with Gasteiger partial charge in [0.25, 0.3) is 0 Å². The topological polar surface area (TPSA) is 65.7 Å². The Balaban J connectivity index is 1.92. The monoisotopic (exact) mass is 416 g/mol. The Morgan fingerprint density at radius 3 is 2.62 bits per heavy atom. The van der Waals surface area contributed by atoms with E-state index in [1.54, 1.807) is 32.0 Å². The first kappa shape index (κ1) is 18.2. The average Bonchev–Trinajstić information content (AvgIpc) is 2.63. The van der Waals surface area contributed by atoms with Crippen LogP contribution in [0.1, 0.15) is 13.8 Å². The minimum absolute atomic E-state index is 0.126. The second kappa shape index (κ2) is 7.74. The van der Waals surface area contributed by atoms with E-state index in [0.717, 1.165) is 10.0 Å². The van der Waals surface area contributed by atoms with E-state index in [9.17, 15) is 9.59 Å². The van der Waals surface area contributed by atoms with Crippen molar-refractivity contribution in [3.63, 3.8) is 0 Å². The van der Waals surface area contributed by atoms with Crippen molar-refractivity contribution in [1.29, 1.82) is 0 Å². The largest absolute Gasteiger partial charge is 0.479 e. The molecule has 134 valence electrons. The molecule has 2 aromatic carbocycles. The summed E-state index contributed by atoms with van der Waals surface area (Å²) >= 11 is 3.38. The predicted molar refractivity (Wildman–Crippen MR) is 102 cm³/mol. The van der Waals surface area contributed by atoms with Crippen LogP contribution in [0.2, 0.25) is 0 Å². The van der Waals surface area contributed by atoms with Crippen LogP contribution in [0.15, 0.2) is 62.4 Å². The van der Waals surface area contributed by atoms with Gasteiger partial charge in [-0.2, -0.15) is 0 Å². The highest BCUT2D eigenvalue weighted by Gasteiger charge is 2.17. The van der Waals surface area contributed by atoms with Crippen molar-refractivity contribution in [3.05, 3.63) is 63.4 Å². The smallest absolute Gasteiger partial charge is 0.347 e. The van der Waals surface area contributed by atoms with Gasteiger partial charge in [0.1, 0.15) is 17.6 Å². The molecule has 6 heteroatoms. The van der Waals surface area contributed by atoms with Crippen LogP contribution in [0.3, 0.4) is 0 Å². The number of hydrogen-bond donors (Lipinski definition) is 0. The molecule has 0 aliphatic heterocycles. The first-order valence-corrected chi connectivity index (χ1v) is 8.93. The molecule has 0 N–H and O–H groups in total. The number of halogens is 1. The minimum atomic E-state index is -0.749. The minimum Gasteiger partial charge on any atom is -0.479 e. The van der Waals surface area contributed by atoms with Crippen molar-refractivity contribution in [2.24, 2.45) is 0 Å². The van der Waals surface area contributed by atoms with E-state index in [1.807, 2.05) is 24.3 Å². The third-order valence-electron chi connectivity index (χ3n) is 3.83. The molecule has 0 unspecified atom stereocenters. The molecule has 0 radical (unpaired) electrons. The summed E-state index contributed by atoms with van der Waals surface area (Å²) in [5.74, 6) is -0.0165. The molecule has 0 aliphatic carbocycles. The summed E-state index contributed by atoms with van der Waals surface area (Å²) in [6.45, 7) is 3.63. The van der Waals surface area contributed by atoms with Crippen molar-refractivity contribution in [2.75, 3.05) is 6.61 Å². The standard InChI is InChI=1S/C20H17BrO5/c1-3-24-20(23)12(2)26-15-8-9-16-18(10-15)25-11-17(19(16)22)13-4-6-14(21)7-5-13/h4-12H,3H2,1-2H3/t12-/m1/s1. The highest BCUT2D eigenvalue weighted by molar-refractivity contribution is 9.10. The van der Waals surface area contributed by atoms with Crippen LogP contribution in [0, 0.1) is 0 Å². The van der Waals surface area contributed by atoms with Crippen LogP contribution in [0.4, 0.5) is 0 Å². The molecule has 1 heterocycles. The van der Waals surface area contributed by atoms with Gasteiger partial charge in [0.15, 0.2) is 11.5 Å². The Morgan fingerprint density at radius 2 is 1.92 bits per heavy atom. The highest BCUT2D eigenvalue weighted by Crippen LogP contribution is 2.24. The maximum Gasteiger partial charge on any atom is 0.347 e. The van der Waals surface area contributed by atoms with Crippen LogP contribution in [-0.2, 0) is 9.53 Å². The van der Waals surface area contributed by atoms with Gasteiger partial charge in [-0.1, -0.05) is 28.1 Å². The molecule has 1 atom stereocenters. The lowest BCUT2D eigenvalue weighted by atomic mass is 10.1. The van der Waals surface area contributed by atoms with Crippen molar-refractivity contribution >= 4 is 32.9 Å². The van der Waals surface area contributed by atoms with Gasteiger partial charge in [-0.05, 0) is 43.7 Å². The zero-order valence-electron chi connectivity index (χ0n) is 14.3. The number of ether oxygens (including phenoxy) is 2. The Bertz CT molecular complexity index is 991. The van der Waals surface area contributed by atoms with E-state index in [0.29, 0.717) is 22.3 Å². The molecular weight excluding hydrogens is 400 g/mol. The van der Waals surface area contributed by atoms with Gasteiger partial charge in [0.05, 0.1) is 17.6 Å². The lowest BCUT2D eigenvalue weighted by Crippen LogP contribution is -2.26. The van der Waals surface area contributed by atoms with Crippen LogP contribution < -0.4 is 10.2 Å².